The van der Waals surface area contributed by atoms with Crippen LogP contribution in [0.1, 0.15) is 24.5 Å². The van der Waals surface area contributed by atoms with Gasteiger partial charge < -0.3 is 15.5 Å². The van der Waals surface area contributed by atoms with Gasteiger partial charge in [0.25, 0.3) is 0 Å². The van der Waals surface area contributed by atoms with E-state index < -0.39 is 0 Å². The molecule has 2 aromatic rings. The first-order chi connectivity index (χ1) is 13.3. The highest BCUT2D eigenvalue weighted by Gasteiger charge is 2.11. The molecule has 0 fully saturated rings. The second-order valence-electron chi connectivity index (χ2n) is 6.86. The van der Waals surface area contributed by atoms with Crippen molar-refractivity contribution in [2.75, 3.05) is 32.9 Å². The molecular weight excluding hydrogens is 391 g/mol. The molecule has 0 amide bonds. The van der Waals surface area contributed by atoms with Crippen molar-refractivity contribution in [2.24, 2.45) is 4.99 Å². The fourth-order valence-corrected chi connectivity index (χ4v) is 3.33. The van der Waals surface area contributed by atoms with Crippen molar-refractivity contribution in [1.29, 1.82) is 0 Å². The number of halogens is 2. The summed E-state index contributed by atoms with van der Waals surface area (Å²) in [6.07, 6.45) is 3.69. The van der Waals surface area contributed by atoms with Gasteiger partial charge >= 0.3 is 0 Å². The van der Waals surface area contributed by atoms with Crippen LogP contribution >= 0.6 is 23.2 Å². The number of likely N-dealkylation sites (N-methyl/N-ethyl adjacent to an activating group) is 1. The molecule has 0 bridgehead atoms. The Morgan fingerprint density at radius 2 is 1.89 bits per heavy atom. The van der Waals surface area contributed by atoms with E-state index in [4.69, 9.17) is 28.9 Å². The summed E-state index contributed by atoms with van der Waals surface area (Å²) >= 11 is 12.3. The molecule has 2 aromatic carbocycles. The van der Waals surface area contributed by atoms with E-state index in [-0.39, 0.29) is 0 Å². The quantitative estimate of drug-likeness (QED) is 0.321. The highest BCUT2D eigenvalue weighted by molar-refractivity contribution is 6.35. The molecule has 2 rings (SSSR count). The maximum Gasteiger partial charge on any atom is 0.0909 e. The molecule has 0 aliphatic carbocycles. The number of nitrogen functional groups attached to an aromatic ring is 1. The zero-order valence-corrected chi connectivity index (χ0v) is 18.3. The van der Waals surface area contributed by atoms with Crippen LogP contribution in [-0.2, 0) is 6.42 Å². The lowest BCUT2D eigenvalue weighted by atomic mass is 10.1. The Balaban J connectivity index is 2.13. The van der Waals surface area contributed by atoms with E-state index in [0.717, 1.165) is 48.4 Å². The maximum atomic E-state index is 6.29. The minimum Gasteiger partial charge on any atom is -0.399 e. The fraction of sp³-hybridized carbons (Fsp3) is 0.318. The third-order valence-electron chi connectivity index (χ3n) is 4.50. The van der Waals surface area contributed by atoms with Crippen molar-refractivity contribution in [3.8, 4) is 0 Å². The van der Waals surface area contributed by atoms with Gasteiger partial charge in [0.2, 0.25) is 0 Å². The molecule has 0 unspecified atom stereocenters. The predicted molar refractivity (Wildman–Crippen MR) is 124 cm³/mol. The first kappa shape index (κ1) is 22.1. The number of hydrogen-bond donors (Lipinski definition) is 1. The smallest absolute Gasteiger partial charge is 0.0909 e. The van der Waals surface area contributed by atoms with Crippen LogP contribution < -0.4 is 5.73 Å². The van der Waals surface area contributed by atoms with Gasteiger partial charge in [-0.1, -0.05) is 42.8 Å². The molecule has 0 heterocycles. The number of aliphatic imine (C=N–C) groups is 1. The molecule has 0 aliphatic heterocycles. The van der Waals surface area contributed by atoms with E-state index in [1.165, 1.54) is 0 Å². The van der Waals surface area contributed by atoms with Crippen molar-refractivity contribution in [3.05, 3.63) is 64.1 Å². The lowest BCUT2D eigenvalue weighted by Crippen LogP contribution is -2.19. The average Bonchev–Trinajstić information content (AvgIpc) is 2.65. The zero-order chi connectivity index (χ0) is 20.7. The standard InChI is InChI=1S/C22H28Cl2N4/c1-5-11-27(3)15-26-22-14-19(25)8-9-20(22)16(2)28(4)12-10-17-6-7-18(23)13-21(17)24/h6-9,13-15H,2,5,10-12,25H2,1,3-4H3. The van der Waals surface area contributed by atoms with Crippen LogP contribution in [0.15, 0.2) is 48.0 Å². The number of nitrogens with zero attached hydrogens (tertiary/aromatic N) is 3. The normalized spacial score (nSPS) is 11.0. The lowest BCUT2D eigenvalue weighted by molar-refractivity contribution is 0.485. The van der Waals surface area contributed by atoms with Crippen LogP contribution in [-0.4, -0.2) is 43.3 Å². The summed E-state index contributed by atoms with van der Waals surface area (Å²) in [5.74, 6) is 0. The van der Waals surface area contributed by atoms with Gasteiger partial charge in [-0.3, -0.25) is 0 Å². The number of anilines is 1. The minimum absolute atomic E-state index is 0.643. The molecule has 0 saturated carbocycles. The first-order valence-corrected chi connectivity index (χ1v) is 10.1. The fourth-order valence-electron chi connectivity index (χ4n) is 2.82. The summed E-state index contributed by atoms with van der Waals surface area (Å²) in [4.78, 5) is 8.79. The molecule has 0 saturated heterocycles. The van der Waals surface area contributed by atoms with Crippen molar-refractivity contribution < 1.29 is 0 Å². The molecule has 0 spiro atoms. The topological polar surface area (TPSA) is 44.9 Å². The summed E-state index contributed by atoms with van der Waals surface area (Å²) in [5, 5.41) is 1.33. The molecular formula is C22H28Cl2N4. The number of benzene rings is 2. The second kappa shape index (κ2) is 10.4. The first-order valence-electron chi connectivity index (χ1n) is 9.30. The Kier molecular flexibility index (Phi) is 8.21. The molecule has 0 aromatic heterocycles. The third-order valence-corrected chi connectivity index (χ3v) is 5.08. The Hall–Kier alpha value is -2.17. The van der Waals surface area contributed by atoms with Crippen LogP contribution in [0.25, 0.3) is 5.70 Å². The van der Waals surface area contributed by atoms with Crippen LogP contribution in [0.5, 0.6) is 0 Å². The SMILES string of the molecule is C=C(c1ccc(N)cc1N=CN(C)CCC)N(C)CCc1ccc(Cl)cc1Cl. The van der Waals surface area contributed by atoms with Gasteiger partial charge in [0.05, 0.1) is 12.0 Å². The summed E-state index contributed by atoms with van der Waals surface area (Å²) < 4.78 is 0. The highest BCUT2D eigenvalue weighted by Crippen LogP contribution is 2.30. The summed E-state index contributed by atoms with van der Waals surface area (Å²) in [7, 11) is 4.02. The molecule has 0 radical (unpaired) electrons. The van der Waals surface area contributed by atoms with Gasteiger partial charge in [-0.15, -0.1) is 0 Å². The van der Waals surface area contributed by atoms with E-state index in [1.54, 1.807) is 6.07 Å². The van der Waals surface area contributed by atoms with Gasteiger partial charge in [-0.05, 0) is 48.7 Å². The van der Waals surface area contributed by atoms with Crippen molar-refractivity contribution in [2.45, 2.75) is 19.8 Å². The van der Waals surface area contributed by atoms with E-state index in [1.807, 2.05) is 50.8 Å². The Bertz CT molecular complexity index is 848. The van der Waals surface area contributed by atoms with E-state index in [2.05, 4.69) is 28.3 Å². The number of hydrogen-bond acceptors (Lipinski definition) is 3. The Morgan fingerprint density at radius 1 is 1.14 bits per heavy atom. The highest BCUT2D eigenvalue weighted by atomic mass is 35.5. The molecule has 150 valence electrons. The summed E-state index contributed by atoms with van der Waals surface area (Å²) in [6.45, 7) is 8.13. The zero-order valence-electron chi connectivity index (χ0n) is 16.8. The number of nitrogens with two attached hydrogens (primary N) is 1. The average molecular weight is 419 g/mol. The van der Waals surface area contributed by atoms with Crippen LogP contribution in [0, 0.1) is 0 Å². The molecule has 0 atom stereocenters. The van der Waals surface area contributed by atoms with Gasteiger partial charge in [0.15, 0.2) is 0 Å². The van der Waals surface area contributed by atoms with Crippen LogP contribution in [0.2, 0.25) is 10.0 Å². The molecule has 2 N–H and O–H groups in total. The monoisotopic (exact) mass is 418 g/mol. The Labute approximate surface area is 178 Å². The predicted octanol–water partition coefficient (Wildman–Crippen LogP) is 5.72. The van der Waals surface area contributed by atoms with E-state index >= 15 is 0 Å². The lowest BCUT2D eigenvalue weighted by Gasteiger charge is -2.23. The number of rotatable bonds is 9. The molecule has 4 nitrogen and oxygen atoms in total. The third kappa shape index (κ3) is 6.18. The van der Waals surface area contributed by atoms with Gasteiger partial charge in [-0.2, -0.15) is 0 Å². The summed E-state index contributed by atoms with van der Waals surface area (Å²) in [5.41, 5.74) is 10.4. The minimum atomic E-state index is 0.643. The van der Waals surface area contributed by atoms with Gasteiger partial charge in [-0.25, -0.2) is 4.99 Å². The van der Waals surface area contributed by atoms with Gasteiger partial charge in [0, 0.05) is 54.2 Å². The van der Waals surface area contributed by atoms with Crippen LogP contribution in [0.4, 0.5) is 11.4 Å². The maximum absolute atomic E-state index is 6.29. The van der Waals surface area contributed by atoms with E-state index in [9.17, 15) is 0 Å². The largest absolute Gasteiger partial charge is 0.399 e. The van der Waals surface area contributed by atoms with Gasteiger partial charge in [0.1, 0.15) is 0 Å². The van der Waals surface area contributed by atoms with Crippen molar-refractivity contribution >= 4 is 46.6 Å². The van der Waals surface area contributed by atoms with Crippen molar-refractivity contribution in [3.63, 3.8) is 0 Å². The summed E-state index contributed by atoms with van der Waals surface area (Å²) in [6, 6.07) is 11.3. The van der Waals surface area contributed by atoms with Crippen molar-refractivity contribution in [1.82, 2.24) is 9.80 Å². The molecule has 28 heavy (non-hydrogen) atoms. The van der Waals surface area contributed by atoms with E-state index in [0.29, 0.717) is 15.7 Å². The van der Waals surface area contributed by atoms with Crippen LogP contribution in [0.3, 0.4) is 0 Å². The molecule has 0 aliphatic rings. The molecule has 6 heteroatoms. The Morgan fingerprint density at radius 3 is 2.57 bits per heavy atom. The second-order valence-corrected chi connectivity index (χ2v) is 7.70.